The van der Waals surface area contributed by atoms with Gasteiger partial charge in [0.05, 0.1) is 25.3 Å². The number of amides is 1. The van der Waals surface area contributed by atoms with E-state index in [0.29, 0.717) is 42.3 Å². The SMILES string of the molecule is CCCOc1ccc(C2/C(=C(\O)c3ccccc3)C(=O)C(=O)N2CCN(CC)CC)cc1OC. The Morgan fingerprint density at radius 2 is 1.74 bits per heavy atom. The van der Waals surface area contributed by atoms with Crippen LogP contribution >= 0.6 is 0 Å². The molecule has 7 nitrogen and oxygen atoms in total. The number of hydrogen-bond acceptors (Lipinski definition) is 6. The summed E-state index contributed by atoms with van der Waals surface area (Å²) in [4.78, 5) is 30.1. The maximum absolute atomic E-state index is 13.2. The molecule has 1 heterocycles. The zero-order valence-corrected chi connectivity index (χ0v) is 20.4. The summed E-state index contributed by atoms with van der Waals surface area (Å²) in [7, 11) is 1.55. The first-order valence-electron chi connectivity index (χ1n) is 11.8. The highest BCUT2D eigenvalue weighted by Crippen LogP contribution is 2.41. The molecule has 1 N–H and O–H groups in total. The molecule has 3 rings (SSSR count). The Morgan fingerprint density at radius 1 is 1.03 bits per heavy atom. The van der Waals surface area contributed by atoms with E-state index >= 15 is 0 Å². The van der Waals surface area contributed by atoms with Crippen molar-refractivity contribution in [2.45, 2.75) is 33.2 Å². The van der Waals surface area contributed by atoms with Gasteiger partial charge in [-0.2, -0.15) is 0 Å². The number of likely N-dealkylation sites (tertiary alicyclic amines) is 1. The van der Waals surface area contributed by atoms with Crippen LogP contribution in [0.5, 0.6) is 11.5 Å². The number of methoxy groups -OCH3 is 1. The number of Topliss-reactive ketones (excluding diaryl/α,β-unsaturated/α-hetero) is 1. The highest BCUT2D eigenvalue weighted by Gasteiger charge is 2.46. The molecule has 0 spiro atoms. The van der Waals surface area contributed by atoms with Gasteiger partial charge in [-0.25, -0.2) is 0 Å². The van der Waals surface area contributed by atoms with Crippen molar-refractivity contribution in [1.29, 1.82) is 0 Å². The molecule has 2 aromatic rings. The number of aliphatic hydroxyl groups excluding tert-OH is 1. The summed E-state index contributed by atoms with van der Waals surface area (Å²) >= 11 is 0. The predicted molar refractivity (Wildman–Crippen MR) is 132 cm³/mol. The minimum Gasteiger partial charge on any atom is -0.507 e. The number of aliphatic hydroxyl groups is 1. The van der Waals surface area contributed by atoms with Gasteiger partial charge in [0.2, 0.25) is 0 Å². The fourth-order valence-corrected chi connectivity index (χ4v) is 4.18. The molecule has 182 valence electrons. The quantitative estimate of drug-likeness (QED) is 0.303. The number of likely N-dealkylation sites (N-methyl/N-ethyl adjacent to an activating group) is 1. The first-order valence-corrected chi connectivity index (χ1v) is 11.8. The molecule has 1 amide bonds. The van der Waals surface area contributed by atoms with Crippen LogP contribution in [0, 0.1) is 0 Å². The third kappa shape index (κ3) is 5.25. The van der Waals surface area contributed by atoms with Crippen LogP contribution in [-0.2, 0) is 9.59 Å². The molecule has 2 aromatic carbocycles. The molecule has 0 bridgehead atoms. The molecule has 1 unspecified atom stereocenters. The second-order valence-electron chi connectivity index (χ2n) is 8.14. The van der Waals surface area contributed by atoms with Gasteiger partial charge < -0.3 is 24.4 Å². The number of ketones is 1. The third-order valence-corrected chi connectivity index (χ3v) is 6.10. The van der Waals surface area contributed by atoms with Crippen LogP contribution in [-0.4, -0.2) is 66.5 Å². The fraction of sp³-hybridized carbons (Fsp3) is 0.407. The maximum Gasteiger partial charge on any atom is 0.295 e. The predicted octanol–water partition coefficient (Wildman–Crippen LogP) is 4.25. The molecule has 0 saturated carbocycles. The largest absolute Gasteiger partial charge is 0.507 e. The van der Waals surface area contributed by atoms with Gasteiger partial charge >= 0.3 is 0 Å². The number of benzene rings is 2. The summed E-state index contributed by atoms with van der Waals surface area (Å²) < 4.78 is 11.3. The van der Waals surface area contributed by atoms with Crippen molar-refractivity contribution < 1.29 is 24.2 Å². The fourth-order valence-electron chi connectivity index (χ4n) is 4.18. The summed E-state index contributed by atoms with van der Waals surface area (Å²) in [6.45, 7) is 9.35. The molecule has 1 saturated heterocycles. The lowest BCUT2D eigenvalue weighted by atomic mass is 9.95. The van der Waals surface area contributed by atoms with E-state index in [1.54, 1.807) is 48.4 Å². The lowest BCUT2D eigenvalue weighted by Crippen LogP contribution is -2.38. The highest BCUT2D eigenvalue weighted by molar-refractivity contribution is 6.46. The number of rotatable bonds is 11. The van der Waals surface area contributed by atoms with Gasteiger partial charge in [-0.15, -0.1) is 0 Å². The molecule has 34 heavy (non-hydrogen) atoms. The average Bonchev–Trinajstić information content (AvgIpc) is 3.13. The minimum absolute atomic E-state index is 0.0834. The highest BCUT2D eigenvalue weighted by atomic mass is 16.5. The number of carbonyl (C=O) groups is 2. The first kappa shape index (κ1) is 25.3. The Hall–Kier alpha value is -3.32. The van der Waals surface area contributed by atoms with Crippen molar-refractivity contribution in [2.75, 3.05) is 39.9 Å². The normalized spacial score (nSPS) is 17.4. The van der Waals surface area contributed by atoms with Crippen LogP contribution in [0.25, 0.3) is 5.76 Å². The van der Waals surface area contributed by atoms with Crippen LogP contribution in [0.3, 0.4) is 0 Å². The zero-order chi connectivity index (χ0) is 24.7. The van der Waals surface area contributed by atoms with E-state index in [0.717, 1.165) is 19.5 Å². The van der Waals surface area contributed by atoms with Crippen molar-refractivity contribution in [3.63, 3.8) is 0 Å². The van der Waals surface area contributed by atoms with Crippen molar-refractivity contribution in [3.8, 4) is 11.5 Å². The van der Waals surface area contributed by atoms with Crippen LogP contribution in [0.15, 0.2) is 54.1 Å². The van der Waals surface area contributed by atoms with Gasteiger partial charge in [0, 0.05) is 18.7 Å². The molecule has 0 aromatic heterocycles. The van der Waals surface area contributed by atoms with Gasteiger partial charge in [-0.3, -0.25) is 9.59 Å². The molecular weight excluding hydrogens is 432 g/mol. The van der Waals surface area contributed by atoms with Gasteiger partial charge in [-0.05, 0) is 37.2 Å². The number of ether oxygens (including phenoxy) is 2. The lowest BCUT2D eigenvalue weighted by Gasteiger charge is -2.28. The van der Waals surface area contributed by atoms with Crippen molar-refractivity contribution >= 4 is 17.4 Å². The first-order chi connectivity index (χ1) is 16.5. The van der Waals surface area contributed by atoms with Crippen LogP contribution < -0.4 is 9.47 Å². The van der Waals surface area contributed by atoms with E-state index in [9.17, 15) is 14.7 Å². The summed E-state index contributed by atoms with van der Waals surface area (Å²) in [5.41, 5.74) is 1.25. The topological polar surface area (TPSA) is 79.3 Å². The Balaban J connectivity index is 2.11. The average molecular weight is 467 g/mol. The molecule has 0 radical (unpaired) electrons. The molecule has 1 atom stereocenters. The van der Waals surface area contributed by atoms with E-state index in [1.165, 1.54) is 0 Å². The van der Waals surface area contributed by atoms with Gasteiger partial charge in [0.25, 0.3) is 11.7 Å². The Kier molecular flexibility index (Phi) is 8.71. The van der Waals surface area contributed by atoms with Gasteiger partial charge in [0.1, 0.15) is 5.76 Å². The molecule has 0 aliphatic carbocycles. The molecular formula is C27H34N2O5. The van der Waals surface area contributed by atoms with Crippen LogP contribution in [0.2, 0.25) is 0 Å². The number of nitrogens with zero attached hydrogens (tertiary/aromatic N) is 2. The van der Waals surface area contributed by atoms with Crippen molar-refractivity contribution in [3.05, 3.63) is 65.2 Å². The van der Waals surface area contributed by atoms with E-state index in [-0.39, 0.29) is 11.3 Å². The van der Waals surface area contributed by atoms with Crippen LogP contribution in [0.1, 0.15) is 44.4 Å². The van der Waals surface area contributed by atoms with E-state index in [4.69, 9.17) is 9.47 Å². The van der Waals surface area contributed by atoms with Gasteiger partial charge in [0.15, 0.2) is 11.5 Å². The molecule has 1 aliphatic heterocycles. The maximum atomic E-state index is 13.2. The van der Waals surface area contributed by atoms with E-state index in [1.807, 2.05) is 19.1 Å². The number of hydrogen-bond donors (Lipinski definition) is 1. The lowest BCUT2D eigenvalue weighted by molar-refractivity contribution is -0.140. The molecule has 7 heteroatoms. The van der Waals surface area contributed by atoms with E-state index < -0.39 is 17.7 Å². The monoisotopic (exact) mass is 466 g/mol. The smallest absolute Gasteiger partial charge is 0.295 e. The second-order valence-corrected chi connectivity index (χ2v) is 8.14. The number of carbonyl (C=O) groups excluding carboxylic acids is 2. The third-order valence-electron chi connectivity index (χ3n) is 6.10. The van der Waals surface area contributed by atoms with Crippen molar-refractivity contribution in [2.24, 2.45) is 0 Å². The van der Waals surface area contributed by atoms with E-state index in [2.05, 4.69) is 18.7 Å². The summed E-state index contributed by atoms with van der Waals surface area (Å²) in [5.74, 6) is -0.369. The standard InChI is InChI=1S/C27H34N2O5/c1-5-17-34-21-14-13-20(18-22(21)33-4)24-23(25(30)19-11-9-8-10-12-19)26(31)27(32)29(24)16-15-28(6-2)7-3/h8-14,18,24,30H,5-7,15-17H2,1-4H3/b25-23+. The second kappa shape index (κ2) is 11.7. The van der Waals surface area contributed by atoms with Crippen LogP contribution in [0.4, 0.5) is 0 Å². The Labute approximate surface area is 201 Å². The van der Waals surface area contributed by atoms with Crippen molar-refractivity contribution in [1.82, 2.24) is 9.80 Å². The Morgan fingerprint density at radius 3 is 2.35 bits per heavy atom. The minimum atomic E-state index is -0.732. The molecule has 1 aliphatic rings. The summed E-state index contributed by atoms with van der Waals surface area (Å²) in [6, 6.07) is 13.5. The summed E-state index contributed by atoms with van der Waals surface area (Å²) in [6.07, 6.45) is 0.855. The Bertz CT molecular complexity index is 1030. The summed E-state index contributed by atoms with van der Waals surface area (Å²) in [5, 5.41) is 11.1. The molecule has 1 fully saturated rings. The van der Waals surface area contributed by atoms with Gasteiger partial charge in [-0.1, -0.05) is 57.2 Å². The zero-order valence-electron chi connectivity index (χ0n) is 20.4.